The number of nitrogens with one attached hydrogen (secondary N) is 1. The standard InChI is InChI=1S/C17H18N4O3/c1-11-6-15(22)16(24-3)8-21(11)9-17(23)19-12-4-5-14-13(7-12)18-10-20(14)2/h4-8,10H,9H2,1-3H3,(H,19,23). The normalized spacial score (nSPS) is 10.8. The number of carbonyl (C=O) groups is 1. The zero-order chi connectivity index (χ0) is 17.3. The Balaban J connectivity index is 1.78. The molecular formula is C17H18N4O3. The van der Waals surface area contributed by atoms with Crippen LogP contribution in [-0.2, 0) is 18.4 Å². The van der Waals surface area contributed by atoms with E-state index in [-0.39, 0.29) is 23.6 Å². The molecule has 7 nitrogen and oxygen atoms in total. The second-order valence-electron chi connectivity index (χ2n) is 5.58. The van der Waals surface area contributed by atoms with Crippen molar-refractivity contribution in [2.75, 3.05) is 12.4 Å². The van der Waals surface area contributed by atoms with E-state index in [4.69, 9.17) is 4.74 Å². The summed E-state index contributed by atoms with van der Waals surface area (Å²) in [6.07, 6.45) is 3.27. The molecule has 2 heterocycles. The second kappa shape index (κ2) is 6.19. The number of rotatable bonds is 4. The lowest BCUT2D eigenvalue weighted by molar-refractivity contribution is -0.116. The number of hydrogen-bond acceptors (Lipinski definition) is 4. The summed E-state index contributed by atoms with van der Waals surface area (Å²) in [5.74, 6) is 0.0161. The van der Waals surface area contributed by atoms with Gasteiger partial charge in [0.15, 0.2) is 5.75 Å². The smallest absolute Gasteiger partial charge is 0.244 e. The fraction of sp³-hybridized carbons (Fsp3) is 0.235. The van der Waals surface area contributed by atoms with E-state index in [1.807, 2.05) is 29.8 Å². The number of fused-ring (bicyclic) bond motifs is 1. The van der Waals surface area contributed by atoms with Gasteiger partial charge in [0.05, 0.1) is 30.7 Å². The number of benzene rings is 1. The third-order valence-corrected chi connectivity index (χ3v) is 3.85. The molecule has 0 aliphatic heterocycles. The number of pyridine rings is 1. The Bertz CT molecular complexity index is 972. The van der Waals surface area contributed by atoms with Gasteiger partial charge < -0.3 is 19.2 Å². The second-order valence-corrected chi connectivity index (χ2v) is 5.58. The molecule has 0 bridgehead atoms. The minimum atomic E-state index is -0.202. The summed E-state index contributed by atoms with van der Waals surface area (Å²) in [6.45, 7) is 1.86. The number of nitrogens with zero attached hydrogens (tertiary/aromatic N) is 3. The molecule has 1 N–H and O–H groups in total. The fourth-order valence-corrected chi connectivity index (χ4v) is 2.54. The van der Waals surface area contributed by atoms with E-state index < -0.39 is 0 Å². The van der Waals surface area contributed by atoms with Gasteiger partial charge in [0.25, 0.3) is 0 Å². The van der Waals surface area contributed by atoms with Gasteiger partial charge in [0, 0.05) is 24.5 Å². The number of hydrogen-bond donors (Lipinski definition) is 1. The Morgan fingerprint density at radius 1 is 1.33 bits per heavy atom. The van der Waals surface area contributed by atoms with E-state index in [0.29, 0.717) is 11.4 Å². The summed E-state index contributed by atoms with van der Waals surface area (Å²) in [4.78, 5) is 28.2. The maximum Gasteiger partial charge on any atom is 0.244 e. The molecule has 124 valence electrons. The SMILES string of the molecule is COc1cn(CC(=O)Nc2ccc3c(c2)ncn3C)c(C)cc1=O. The molecular weight excluding hydrogens is 308 g/mol. The molecule has 1 aromatic carbocycles. The van der Waals surface area contributed by atoms with Crippen molar-refractivity contribution < 1.29 is 9.53 Å². The molecule has 0 aliphatic rings. The predicted octanol–water partition coefficient (Wildman–Crippen LogP) is 1.69. The third-order valence-electron chi connectivity index (χ3n) is 3.85. The van der Waals surface area contributed by atoms with Crippen molar-refractivity contribution in [1.82, 2.24) is 14.1 Å². The van der Waals surface area contributed by atoms with Crippen LogP contribution in [0.25, 0.3) is 11.0 Å². The molecule has 0 saturated carbocycles. The van der Waals surface area contributed by atoms with Crippen molar-refractivity contribution in [2.24, 2.45) is 7.05 Å². The Morgan fingerprint density at radius 2 is 2.12 bits per heavy atom. The van der Waals surface area contributed by atoms with Crippen LogP contribution in [-0.4, -0.2) is 27.1 Å². The minimum Gasteiger partial charge on any atom is -0.491 e. The van der Waals surface area contributed by atoms with Gasteiger partial charge in [-0.15, -0.1) is 0 Å². The molecule has 7 heteroatoms. The molecule has 3 rings (SSSR count). The number of methoxy groups -OCH3 is 1. The fourth-order valence-electron chi connectivity index (χ4n) is 2.54. The van der Waals surface area contributed by atoms with Crippen LogP contribution in [0.5, 0.6) is 5.75 Å². The van der Waals surface area contributed by atoms with Gasteiger partial charge in [-0.1, -0.05) is 0 Å². The van der Waals surface area contributed by atoms with Crippen LogP contribution in [0.3, 0.4) is 0 Å². The maximum absolute atomic E-state index is 12.3. The predicted molar refractivity (Wildman–Crippen MR) is 91.3 cm³/mol. The minimum absolute atomic E-state index is 0.0860. The highest BCUT2D eigenvalue weighted by molar-refractivity contribution is 5.93. The molecule has 0 atom stereocenters. The van der Waals surface area contributed by atoms with Gasteiger partial charge in [-0.2, -0.15) is 0 Å². The molecule has 24 heavy (non-hydrogen) atoms. The zero-order valence-electron chi connectivity index (χ0n) is 13.7. The van der Waals surface area contributed by atoms with Gasteiger partial charge in [0.1, 0.15) is 6.54 Å². The van der Waals surface area contributed by atoms with Crippen molar-refractivity contribution >= 4 is 22.6 Å². The van der Waals surface area contributed by atoms with Gasteiger partial charge in [0.2, 0.25) is 11.3 Å². The first-order valence-corrected chi connectivity index (χ1v) is 7.44. The molecule has 0 fully saturated rings. The highest BCUT2D eigenvalue weighted by Crippen LogP contribution is 2.17. The summed E-state index contributed by atoms with van der Waals surface area (Å²) < 4.78 is 8.60. The lowest BCUT2D eigenvalue weighted by Crippen LogP contribution is -2.21. The van der Waals surface area contributed by atoms with Crippen molar-refractivity contribution in [1.29, 1.82) is 0 Å². The van der Waals surface area contributed by atoms with E-state index in [1.54, 1.807) is 24.0 Å². The number of imidazole rings is 1. The molecule has 3 aromatic rings. The molecule has 1 amide bonds. The average Bonchev–Trinajstić information content (AvgIpc) is 2.90. The van der Waals surface area contributed by atoms with Crippen LogP contribution < -0.4 is 15.5 Å². The zero-order valence-corrected chi connectivity index (χ0v) is 13.7. The van der Waals surface area contributed by atoms with E-state index in [1.165, 1.54) is 13.2 Å². The maximum atomic E-state index is 12.3. The van der Waals surface area contributed by atoms with E-state index >= 15 is 0 Å². The van der Waals surface area contributed by atoms with Crippen LogP contribution in [0.2, 0.25) is 0 Å². The highest BCUT2D eigenvalue weighted by Gasteiger charge is 2.09. The molecule has 2 aromatic heterocycles. The van der Waals surface area contributed by atoms with Crippen molar-refractivity contribution in [3.8, 4) is 5.75 Å². The molecule has 0 aliphatic carbocycles. The summed E-state index contributed by atoms with van der Waals surface area (Å²) in [6, 6.07) is 7.02. The Labute approximate surface area is 138 Å². The van der Waals surface area contributed by atoms with Crippen LogP contribution in [0.15, 0.2) is 41.6 Å². The lowest BCUT2D eigenvalue weighted by atomic mass is 10.2. The van der Waals surface area contributed by atoms with Gasteiger partial charge >= 0.3 is 0 Å². The number of aryl methyl sites for hydroxylation is 2. The van der Waals surface area contributed by atoms with Crippen LogP contribution in [0.1, 0.15) is 5.69 Å². The first-order valence-electron chi connectivity index (χ1n) is 7.44. The Kier molecular flexibility index (Phi) is 4.07. The van der Waals surface area contributed by atoms with Crippen LogP contribution >= 0.6 is 0 Å². The number of anilines is 1. The van der Waals surface area contributed by atoms with Crippen molar-refractivity contribution in [2.45, 2.75) is 13.5 Å². The number of amides is 1. The lowest BCUT2D eigenvalue weighted by Gasteiger charge is -2.12. The van der Waals surface area contributed by atoms with Crippen molar-refractivity contribution in [3.63, 3.8) is 0 Å². The summed E-state index contributed by atoms with van der Waals surface area (Å²) >= 11 is 0. The largest absolute Gasteiger partial charge is 0.491 e. The summed E-state index contributed by atoms with van der Waals surface area (Å²) in [5, 5.41) is 2.84. The van der Waals surface area contributed by atoms with Crippen LogP contribution in [0.4, 0.5) is 5.69 Å². The van der Waals surface area contributed by atoms with E-state index in [9.17, 15) is 9.59 Å². The van der Waals surface area contributed by atoms with E-state index in [2.05, 4.69) is 10.3 Å². The first kappa shape index (κ1) is 15.8. The Hall–Kier alpha value is -3.09. The third kappa shape index (κ3) is 3.01. The van der Waals surface area contributed by atoms with Gasteiger partial charge in [-0.3, -0.25) is 9.59 Å². The van der Waals surface area contributed by atoms with Crippen molar-refractivity contribution in [3.05, 3.63) is 52.7 Å². The van der Waals surface area contributed by atoms with Gasteiger partial charge in [-0.05, 0) is 25.1 Å². The Morgan fingerprint density at radius 3 is 2.88 bits per heavy atom. The topological polar surface area (TPSA) is 78.2 Å². The van der Waals surface area contributed by atoms with E-state index in [0.717, 1.165) is 11.0 Å². The molecule has 0 radical (unpaired) electrons. The first-order chi connectivity index (χ1) is 11.5. The number of aromatic nitrogens is 3. The number of ether oxygens (including phenoxy) is 1. The molecule has 0 saturated heterocycles. The van der Waals surface area contributed by atoms with Gasteiger partial charge in [-0.25, -0.2) is 4.98 Å². The van der Waals surface area contributed by atoms with Crippen LogP contribution in [0, 0.1) is 6.92 Å². The molecule has 0 spiro atoms. The summed E-state index contributed by atoms with van der Waals surface area (Å²) in [5.41, 5.74) is 2.98. The highest BCUT2D eigenvalue weighted by atomic mass is 16.5. The average molecular weight is 326 g/mol. The quantitative estimate of drug-likeness (QED) is 0.791. The number of carbonyl (C=O) groups excluding carboxylic acids is 1. The summed E-state index contributed by atoms with van der Waals surface area (Å²) in [7, 11) is 3.35. The monoisotopic (exact) mass is 326 g/mol. The molecule has 0 unspecified atom stereocenters.